The normalized spacial score (nSPS) is 32.6. The van der Waals surface area contributed by atoms with Crippen LogP contribution in [0.2, 0.25) is 0 Å². The minimum absolute atomic E-state index is 0.320. The Morgan fingerprint density at radius 3 is 2.47 bits per heavy atom. The second-order valence-electron chi connectivity index (χ2n) is 5.85. The topological polar surface area (TPSA) is 29.3 Å². The molecule has 2 nitrogen and oxygen atoms in total. The molecule has 1 saturated heterocycles. The molecule has 1 aliphatic rings. The smallest absolute Gasteiger partial charge is 0.00474 e. The van der Waals surface area contributed by atoms with Gasteiger partial charge >= 0.3 is 0 Å². The van der Waals surface area contributed by atoms with E-state index in [2.05, 4.69) is 32.6 Å². The van der Waals surface area contributed by atoms with Gasteiger partial charge in [0.15, 0.2) is 0 Å². The Kier molecular flexibility index (Phi) is 4.60. The average molecular weight is 212 g/mol. The monoisotopic (exact) mass is 212 g/mol. The van der Waals surface area contributed by atoms with Crippen LogP contribution in [-0.2, 0) is 0 Å². The van der Waals surface area contributed by atoms with E-state index < -0.39 is 0 Å². The molecule has 0 spiro atoms. The van der Waals surface area contributed by atoms with Gasteiger partial charge in [0.1, 0.15) is 0 Å². The van der Waals surface area contributed by atoms with Crippen LogP contribution in [0.15, 0.2) is 0 Å². The van der Waals surface area contributed by atoms with E-state index >= 15 is 0 Å². The van der Waals surface area contributed by atoms with Crippen LogP contribution in [0.4, 0.5) is 0 Å². The molecule has 0 radical (unpaired) electrons. The van der Waals surface area contributed by atoms with E-state index in [0.29, 0.717) is 5.41 Å². The first-order chi connectivity index (χ1) is 7.00. The minimum atomic E-state index is 0.320. The van der Waals surface area contributed by atoms with Gasteiger partial charge in [-0.05, 0) is 43.2 Å². The summed E-state index contributed by atoms with van der Waals surface area (Å²) in [5.74, 6) is 1.74. The second-order valence-corrected chi connectivity index (χ2v) is 5.85. The van der Waals surface area contributed by atoms with Crippen molar-refractivity contribution in [1.82, 2.24) is 4.90 Å². The lowest BCUT2D eigenvalue weighted by atomic mass is 9.84. The molecule has 1 rings (SSSR count). The van der Waals surface area contributed by atoms with Crippen LogP contribution in [0.3, 0.4) is 0 Å². The summed E-state index contributed by atoms with van der Waals surface area (Å²) in [6.07, 6.45) is 2.54. The molecule has 2 N–H and O–H groups in total. The largest absolute Gasteiger partial charge is 0.330 e. The SMILES string of the molecule is CCC(C)(CN)CN1CCC(C)C(C)C1. The van der Waals surface area contributed by atoms with Crippen molar-refractivity contribution in [2.24, 2.45) is 23.0 Å². The van der Waals surface area contributed by atoms with Crippen LogP contribution in [0, 0.1) is 17.3 Å². The zero-order valence-corrected chi connectivity index (χ0v) is 10.9. The van der Waals surface area contributed by atoms with Crippen LogP contribution >= 0.6 is 0 Å². The van der Waals surface area contributed by atoms with Gasteiger partial charge < -0.3 is 10.6 Å². The summed E-state index contributed by atoms with van der Waals surface area (Å²) in [6, 6.07) is 0. The highest BCUT2D eigenvalue weighted by Gasteiger charge is 2.28. The fourth-order valence-corrected chi connectivity index (χ4v) is 2.35. The Labute approximate surface area is 95.2 Å². The lowest BCUT2D eigenvalue weighted by Gasteiger charge is -2.40. The number of hydrogen-bond donors (Lipinski definition) is 1. The molecule has 0 aromatic rings. The number of nitrogens with zero attached hydrogens (tertiary/aromatic N) is 1. The van der Waals surface area contributed by atoms with Crippen LogP contribution in [0.1, 0.15) is 40.5 Å². The number of rotatable bonds is 4. The Morgan fingerprint density at radius 2 is 2.00 bits per heavy atom. The fourth-order valence-electron chi connectivity index (χ4n) is 2.35. The van der Waals surface area contributed by atoms with Crippen molar-refractivity contribution in [3.63, 3.8) is 0 Å². The molecule has 3 atom stereocenters. The maximum absolute atomic E-state index is 5.87. The highest BCUT2D eigenvalue weighted by Crippen LogP contribution is 2.27. The summed E-state index contributed by atoms with van der Waals surface area (Å²) < 4.78 is 0. The highest BCUT2D eigenvalue weighted by molar-refractivity contribution is 4.82. The fraction of sp³-hybridized carbons (Fsp3) is 1.00. The predicted octanol–water partition coefficient (Wildman–Crippen LogP) is 2.34. The summed E-state index contributed by atoms with van der Waals surface area (Å²) in [7, 11) is 0. The van der Waals surface area contributed by atoms with Gasteiger partial charge in [0, 0.05) is 13.1 Å². The lowest BCUT2D eigenvalue weighted by Crippen LogP contribution is -2.46. The van der Waals surface area contributed by atoms with Crippen molar-refractivity contribution in [3.8, 4) is 0 Å². The van der Waals surface area contributed by atoms with E-state index in [-0.39, 0.29) is 0 Å². The maximum Gasteiger partial charge on any atom is 0.00474 e. The van der Waals surface area contributed by atoms with E-state index in [1.165, 1.54) is 32.5 Å². The Balaban J connectivity index is 2.45. The van der Waals surface area contributed by atoms with Crippen molar-refractivity contribution in [1.29, 1.82) is 0 Å². The number of likely N-dealkylation sites (tertiary alicyclic amines) is 1. The van der Waals surface area contributed by atoms with E-state index in [1.807, 2.05) is 0 Å². The van der Waals surface area contributed by atoms with Crippen molar-refractivity contribution in [3.05, 3.63) is 0 Å². The molecule has 0 aromatic carbocycles. The molecule has 0 aliphatic carbocycles. The molecule has 1 aliphatic heterocycles. The third kappa shape index (κ3) is 3.46. The van der Waals surface area contributed by atoms with Gasteiger partial charge in [-0.25, -0.2) is 0 Å². The predicted molar refractivity (Wildman–Crippen MR) is 66.8 cm³/mol. The van der Waals surface area contributed by atoms with Gasteiger partial charge in [0.05, 0.1) is 0 Å². The minimum Gasteiger partial charge on any atom is -0.330 e. The standard InChI is InChI=1S/C13H28N2/c1-5-13(4,9-14)10-15-7-6-11(2)12(3)8-15/h11-12H,5-10,14H2,1-4H3. The first-order valence-electron chi connectivity index (χ1n) is 6.43. The Morgan fingerprint density at radius 1 is 1.33 bits per heavy atom. The zero-order valence-electron chi connectivity index (χ0n) is 10.9. The van der Waals surface area contributed by atoms with Gasteiger partial charge in [-0.2, -0.15) is 0 Å². The number of piperidine rings is 1. The molecule has 2 heteroatoms. The van der Waals surface area contributed by atoms with E-state index in [4.69, 9.17) is 5.73 Å². The molecule has 1 fully saturated rings. The number of hydrogen-bond acceptors (Lipinski definition) is 2. The van der Waals surface area contributed by atoms with Crippen molar-refractivity contribution in [2.75, 3.05) is 26.2 Å². The van der Waals surface area contributed by atoms with Gasteiger partial charge in [0.25, 0.3) is 0 Å². The molecule has 90 valence electrons. The van der Waals surface area contributed by atoms with Crippen LogP contribution in [-0.4, -0.2) is 31.1 Å². The second kappa shape index (κ2) is 5.31. The zero-order chi connectivity index (χ0) is 11.5. The average Bonchev–Trinajstić information content (AvgIpc) is 2.23. The first-order valence-corrected chi connectivity index (χ1v) is 6.43. The highest BCUT2D eigenvalue weighted by atomic mass is 15.1. The molecular weight excluding hydrogens is 184 g/mol. The molecule has 1 heterocycles. The third-order valence-corrected chi connectivity index (χ3v) is 4.37. The molecule has 0 amide bonds. The van der Waals surface area contributed by atoms with Gasteiger partial charge in [0.2, 0.25) is 0 Å². The summed E-state index contributed by atoms with van der Waals surface area (Å²) in [4.78, 5) is 2.61. The summed E-state index contributed by atoms with van der Waals surface area (Å²) in [5, 5.41) is 0. The van der Waals surface area contributed by atoms with E-state index in [9.17, 15) is 0 Å². The molecule has 0 bridgehead atoms. The molecule has 0 aromatic heterocycles. The first kappa shape index (κ1) is 13.0. The maximum atomic E-state index is 5.87. The quantitative estimate of drug-likeness (QED) is 0.775. The van der Waals surface area contributed by atoms with Crippen LogP contribution in [0.25, 0.3) is 0 Å². The van der Waals surface area contributed by atoms with Crippen LogP contribution in [0.5, 0.6) is 0 Å². The van der Waals surface area contributed by atoms with Crippen molar-refractivity contribution < 1.29 is 0 Å². The van der Waals surface area contributed by atoms with Gasteiger partial charge in [-0.3, -0.25) is 0 Å². The van der Waals surface area contributed by atoms with Crippen molar-refractivity contribution in [2.45, 2.75) is 40.5 Å². The third-order valence-electron chi connectivity index (χ3n) is 4.37. The summed E-state index contributed by atoms with van der Waals surface area (Å²) >= 11 is 0. The molecule has 0 saturated carbocycles. The number of nitrogens with two attached hydrogens (primary N) is 1. The molecule has 3 unspecified atom stereocenters. The van der Waals surface area contributed by atoms with E-state index in [0.717, 1.165) is 18.4 Å². The Hall–Kier alpha value is -0.0800. The molecule has 15 heavy (non-hydrogen) atoms. The Bertz CT molecular complexity index is 187. The molecular formula is C13H28N2. The van der Waals surface area contributed by atoms with E-state index in [1.54, 1.807) is 0 Å². The lowest BCUT2D eigenvalue weighted by molar-refractivity contribution is 0.0908. The van der Waals surface area contributed by atoms with Crippen molar-refractivity contribution >= 4 is 0 Å². The summed E-state index contributed by atoms with van der Waals surface area (Å²) in [6.45, 7) is 13.8. The van der Waals surface area contributed by atoms with Crippen LogP contribution < -0.4 is 5.73 Å². The van der Waals surface area contributed by atoms with Gasteiger partial charge in [-0.1, -0.05) is 27.7 Å². The van der Waals surface area contributed by atoms with Gasteiger partial charge in [-0.15, -0.1) is 0 Å². The summed E-state index contributed by atoms with van der Waals surface area (Å²) in [5.41, 5.74) is 6.19.